The maximum absolute atomic E-state index is 10.5. The summed E-state index contributed by atoms with van der Waals surface area (Å²) in [6.45, 7) is 3.66. The summed E-state index contributed by atoms with van der Waals surface area (Å²) in [6.07, 6.45) is 0. The third kappa shape index (κ3) is 2.97. The number of benzene rings is 1. The standard InChI is InChI=1S/C10H12O4/c1-3-12-9-6-4-5-7-10(9)14-13-8(2)11/h4-7H,3H2,1-2H3. The van der Waals surface area contributed by atoms with E-state index >= 15 is 0 Å². The highest BCUT2D eigenvalue weighted by molar-refractivity contribution is 5.65. The van der Waals surface area contributed by atoms with Crippen molar-refractivity contribution in [3.8, 4) is 11.5 Å². The average Bonchev–Trinajstić information content (AvgIpc) is 2.17. The van der Waals surface area contributed by atoms with Crippen molar-refractivity contribution in [2.24, 2.45) is 0 Å². The summed E-state index contributed by atoms with van der Waals surface area (Å²) in [5, 5.41) is 0. The Balaban J connectivity index is 2.68. The molecule has 0 fully saturated rings. The van der Waals surface area contributed by atoms with Gasteiger partial charge in [0.2, 0.25) is 5.75 Å². The van der Waals surface area contributed by atoms with Crippen molar-refractivity contribution in [3.63, 3.8) is 0 Å². The minimum absolute atomic E-state index is 0.393. The molecule has 0 aromatic heterocycles. The quantitative estimate of drug-likeness (QED) is 0.545. The normalized spacial score (nSPS) is 9.29. The zero-order chi connectivity index (χ0) is 10.4. The lowest BCUT2D eigenvalue weighted by Crippen LogP contribution is -2.04. The fraction of sp³-hybridized carbons (Fsp3) is 0.300. The van der Waals surface area contributed by atoms with Crippen LogP contribution in [-0.2, 0) is 9.68 Å². The van der Waals surface area contributed by atoms with Crippen LogP contribution >= 0.6 is 0 Å². The van der Waals surface area contributed by atoms with Gasteiger partial charge in [-0.15, -0.1) is 0 Å². The largest absolute Gasteiger partial charge is 0.490 e. The van der Waals surface area contributed by atoms with Crippen LogP contribution in [0.25, 0.3) is 0 Å². The van der Waals surface area contributed by atoms with E-state index in [9.17, 15) is 4.79 Å². The van der Waals surface area contributed by atoms with Gasteiger partial charge in [-0.3, -0.25) is 9.78 Å². The van der Waals surface area contributed by atoms with Crippen LogP contribution in [0.4, 0.5) is 0 Å². The molecule has 1 aromatic rings. The number of hydrogen-bond acceptors (Lipinski definition) is 4. The van der Waals surface area contributed by atoms with E-state index in [1.807, 2.05) is 13.0 Å². The topological polar surface area (TPSA) is 44.8 Å². The lowest BCUT2D eigenvalue weighted by atomic mass is 10.3. The van der Waals surface area contributed by atoms with Gasteiger partial charge < -0.3 is 4.74 Å². The van der Waals surface area contributed by atoms with Gasteiger partial charge in [0, 0.05) is 6.92 Å². The van der Waals surface area contributed by atoms with Crippen LogP contribution in [0.5, 0.6) is 11.5 Å². The molecule has 0 aliphatic rings. The molecule has 0 bridgehead atoms. The number of para-hydroxylation sites is 2. The van der Waals surface area contributed by atoms with E-state index in [-0.39, 0.29) is 0 Å². The van der Waals surface area contributed by atoms with Crippen molar-refractivity contribution in [3.05, 3.63) is 24.3 Å². The lowest BCUT2D eigenvalue weighted by Gasteiger charge is -2.08. The average molecular weight is 196 g/mol. The molecular weight excluding hydrogens is 184 g/mol. The first-order valence-corrected chi connectivity index (χ1v) is 4.31. The molecule has 76 valence electrons. The highest BCUT2D eigenvalue weighted by atomic mass is 17.2. The van der Waals surface area contributed by atoms with Gasteiger partial charge in [0.25, 0.3) is 0 Å². The summed E-state index contributed by atoms with van der Waals surface area (Å²) in [5.41, 5.74) is 0. The predicted molar refractivity (Wildman–Crippen MR) is 50.0 cm³/mol. The van der Waals surface area contributed by atoms with E-state index in [1.54, 1.807) is 18.2 Å². The van der Waals surface area contributed by atoms with Crippen LogP contribution in [0.15, 0.2) is 24.3 Å². The summed E-state index contributed by atoms with van der Waals surface area (Å²) < 4.78 is 5.25. The van der Waals surface area contributed by atoms with Gasteiger partial charge in [-0.05, 0) is 19.1 Å². The van der Waals surface area contributed by atoms with Crippen LogP contribution in [0.1, 0.15) is 13.8 Å². The molecule has 0 spiro atoms. The van der Waals surface area contributed by atoms with E-state index in [0.717, 1.165) is 0 Å². The zero-order valence-corrected chi connectivity index (χ0v) is 8.15. The van der Waals surface area contributed by atoms with Gasteiger partial charge in [-0.2, -0.15) is 0 Å². The Morgan fingerprint density at radius 1 is 1.29 bits per heavy atom. The van der Waals surface area contributed by atoms with Crippen LogP contribution < -0.4 is 9.62 Å². The van der Waals surface area contributed by atoms with Crippen LogP contribution in [0, 0.1) is 0 Å². The second kappa shape index (κ2) is 5.11. The van der Waals surface area contributed by atoms with E-state index in [2.05, 4.69) is 4.89 Å². The molecule has 4 nitrogen and oxygen atoms in total. The first kappa shape index (κ1) is 10.4. The van der Waals surface area contributed by atoms with Gasteiger partial charge in [0.15, 0.2) is 5.75 Å². The molecule has 0 unspecified atom stereocenters. The number of carbonyl (C=O) groups excluding carboxylic acids is 1. The second-order valence-corrected chi connectivity index (χ2v) is 2.54. The molecule has 0 amide bonds. The number of carbonyl (C=O) groups is 1. The molecule has 0 heterocycles. The Morgan fingerprint density at radius 2 is 1.93 bits per heavy atom. The molecule has 1 aromatic carbocycles. The van der Waals surface area contributed by atoms with Gasteiger partial charge in [-0.1, -0.05) is 12.1 Å². The molecule has 1 rings (SSSR count). The molecule has 14 heavy (non-hydrogen) atoms. The maximum Gasteiger partial charge on any atom is 0.352 e. The summed E-state index contributed by atoms with van der Waals surface area (Å²) in [6, 6.07) is 6.98. The highest BCUT2D eigenvalue weighted by Crippen LogP contribution is 2.26. The van der Waals surface area contributed by atoms with Gasteiger partial charge in [-0.25, -0.2) is 4.79 Å². The lowest BCUT2D eigenvalue weighted by molar-refractivity contribution is -0.211. The summed E-state index contributed by atoms with van der Waals surface area (Å²) in [4.78, 5) is 19.7. The van der Waals surface area contributed by atoms with Gasteiger partial charge >= 0.3 is 5.97 Å². The second-order valence-electron chi connectivity index (χ2n) is 2.54. The maximum atomic E-state index is 10.5. The minimum atomic E-state index is -0.503. The Kier molecular flexibility index (Phi) is 3.79. The molecule has 0 saturated heterocycles. The molecule has 0 aliphatic carbocycles. The molecule has 0 saturated carbocycles. The molecular formula is C10H12O4. The van der Waals surface area contributed by atoms with Gasteiger partial charge in [0.1, 0.15) is 0 Å². The van der Waals surface area contributed by atoms with Crippen molar-refractivity contribution in [2.45, 2.75) is 13.8 Å². The first-order chi connectivity index (χ1) is 6.74. The SMILES string of the molecule is CCOc1ccccc1OOC(C)=O. The van der Waals surface area contributed by atoms with Crippen molar-refractivity contribution in [1.29, 1.82) is 0 Å². The van der Waals surface area contributed by atoms with E-state index < -0.39 is 5.97 Å². The fourth-order valence-corrected chi connectivity index (χ4v) is 0.897. The Labute approximate surface area is 82.3 Å². The van der Waals surface area contributed by atoms with E-state index in [1.165, 1.54) is 6.92 Å². The third-order valence-corrected chi connectivity index (χ3v) is 1.40. The fourth-order valence-electron chi connectivity index (χ4n) is 0.897. The van der Waals surface area contributed by atoms with Crippen molar-refractivity contribution in [1.82, 2.24) is 0 Å². The predicted octanol–water partition coefficient (Wildman–Crippen LogP) is 1.94. The van der Waals surface area contributed by atoms with E-state index in [4.69, 9.17) is 9.62 Å². The summed E-state index contributed by atoms with van der Waals surface area (Å²) in [5.74, 6) is 0.442. The summed E-state index contributed by atoms with van der Waals surface area (Å²) >= 11 is 0. The first-order valence-electron chi connectivity index (χ1n) is 4.31. The molecule has 0 N–H and O–H groups in total. The zero-order valence-electron chi connectivity index (χ0n) is 8.15. The summed E-state index contributed by atoms with van der Waals surface area (Å²) in [7, 11) is 0. The van der Waals surface area contributed by atoms with Crippen LogP contribution in [0.2, 0.25) is 0 Å². The van der Waals surface area contributed by atoms with Gasteiger partial charge in [0.05, 0.1) is 6.61 Å². The number of ether oxygens (including phenoxy) is 1. The molecule has 4 heteroatoms. The van der Waals surface area contributed by atoms with E-state index in [0.29, 0.717) is 18.1 Å². The van der Waals surface area contributed by atoms with Crippen molar-refractivity contribution < 1.29 is 19.3 Å². The molecule has 0 atom stereocenters. The smallest absolute Gasteiger partial charge is 0.352 e. The molecule has 0 aliphatic heterocycles. The Bertz CT molecular complexity index is 309. The minimum Gasteiger partial charge on any atom is -0.490 e. The number of rotatable bonds is 4. The molecule has 0 radical (unpaired) electrons. The highest BCUT2D eigenvalue weighted by Gasteiger charge is 2.05. The Hall–Kier alpha value is -1.71. The Morgan fingerprint density at radius 3 is 2.50 bits per heavy atom. The third-order valence-electron chi connectivity index (χ3n) is 1.40. The van der Waals surface area contributed by atoms with Crippen molar-refractivity contribution >= 4 is 5.97 Å². The number of hydrogen-bond donors (Lipinski definition) is 0. The van der Waals surface area contributed by atoms with Crippen molar-refractivity contribution in [2.75, 3.05) is 6.61 Å². The monoisotopic (exact) mass is 196 g/mol. The van der Waals surface area contributed by atoms with Crippen LogP contribution in [0.3, 0.4) is 0 Å². The van der Waals surface area contributed by atoms with Crippen LogP contribution in [-0.4, -0.2) is 12.6 Å².